The van der Waals surface area contributed by atoms with E-state index in [0.717, 1.165) is 0 Å². The maximum absolute atomic E-state index is 12.7. The highest BCUT2D eigenvalue weighted by Gasteiger charge is 2.19. The summed E-state index contributed by atoms with van der Waals surface area (Å²) in [6.45, 7) is 1.32. The van der Waals surface area contributed by atoms with Crippen LogP contribution in [0.2, 0.25) is 5.02 Å². The van der Waals surface area contributed by atoms with Crippen molar-refractivity contribution in [1.29, 1.82) is 0 Å². The Hall–Kier alpha value is -3.33. The van der Waals surface area contributed by atoms with Crippen LogP contribution in [0.25, 0.3) is 0 Å². The molecule has 2 amide bonds. The Kier molecular flexibility index (Phi) is 6.19. The van der Waals surface area contributed by atoms with E-state index in [1.54, 1.807) is 0 Å². The van der Waals surface area contributed by atoms with Gasteiger partial charge in [0.2, 0.25) is 5.91 Å². The molecule has 2 aromatic carbocycles. The predicted octanol–water partition coefficient (Wildman–Crippen LogP) is 3.48. The maximum Gasteiger partial charge on any atom is 0.271 e. The second-order valence-electron chi connectivity index (χ2n) is 5.31. The molecule has 0 spiro atoms. The summed E-state index contributed by atoms with van der Waals surface area (Å²) in [5.74, 6) is -0.557. The number of hydrogen-bond acceptors (Lipinski definition) is 6. The summed E-state index contributed by atoms with van der Waals surface area (Å²) in [5.41, 5.74) is 0.258. The van der Waals surface area contributed by atoms with Gasteiger partial charge in [-0.15, -0.1) is 0 Å². The molecule has 0 aromatic heterocycles. The van der Waals surface area contributed by atoms with Gasteiger partial charge in [0.1, 0.15) is 11.5 Å². The van der Waals surface area contributed by atoms with Crippen molar-refractivity contribution in [1.82, 2.24) is 0 Å². The lowest BCUT2D eigenvalue weighted by Gasteiger charge is -2.14. The Balaban J connectivity index is 2.41. The maximum atomic E-state index is 12.7. The molecule has 0 aliphatic carbocycles. The number of nitro benzene ring substituents is 1. The fraction of sp³-hybridized carbons (Fsp3) is 0.176. The summed E-state index contributed by atoms with van der Waals surface area (Å²) in [7, 11) is 2.72. The van der Waals surface area contributed by atoms with Gasteiger partial charge in [-0.05, 0) is 12.1 Å². The number of hydrogen-bond donors (Lipinski definition) is 2. The van der Waals surface area contributed by atoms with Crippen molar-refractivity contribution >= 4 is 40.5 Å². The molecule has 9 nitrogen and oxygen atoms in total. The molecule has 0 bridgehead atoms. The van der Waals surface area contributed by atoms with Crippen LogP contribution in [0.15, 0.2) is 30.3 Å². The lowest BCUT2D eigenvalue weighted by Crippen LogP contribution is -2.15. The fourth-order valence-electron chi connectivity index (χ4n) is 2.28. The summed E-state index contributed by atoms with van der Waals surface area (Å²) in [6, 6.07) is 6.54. The molecule has 0 atom stereocenters. The Bertz CT molecular complexity index is 916. The fourth-order valence-corrected chi connectivity index (χ4v) is 2.49. The van der Waals surface area contributed by atoms with E-state index in [1.807, 2.05) is 0 Å². The first kappa shape index (κ1) is 20.0. The van der Waals surface area contributed by atoms with Crippen LogP contribution in [0.4, 0.5) is 17.1 Å². The average Bonchev–Trinajstić information content (AvgIpc) is 2.62. The topological polar surface area (TPSA) is 120 Å². The van der Waals surface area contributed by atoms with Crippen LogP contribution in [-0.2, 0) is 4.79 Å². The number of non-ortho nitro benzene ring substituents is 1. The SMILES string of the molecule is COc1ccc([N+](=O)[O-])cc1NC(=O)c1cc(Cl)c(NC(C)=O)cc1OC. The van der Waals surface area contributed by atoms with Crippen molar-refractivity contribution in [2.24, 2.45) is 0 Å². The first-order valence-electron chi connectivity index (χ1n) is 7.55. The summed E-state index contributed by atoms with van der Waals surface area (Å²) >= 11 is 6.11. The molecule has 2 rings (SSSR count). The number of rotatable bonds is 6. The van der Waals surface area contributed by atoms with Crippen LogP contribution in [0, 0.1) is 10.1 Å². The van der Waals surface area contributed by atoms with Gasteiger partial charge in [0.05, 0.1) is 41.1 Å². The number of ether oxygens (including phenoxy) is 2. The number of anilines is 2. The minimum absolute atomic E-state index is 0.0742. The molecule has 142 valence electrons. The molecule has 10 heteroatoms. The van der Waals surface area contributed by atoms with Gasteiger partial charge in [0.25, 0.3) is 11.6 Å². The summed E-state index contributed by atoms with van der Waals surface area (Å²) in [6.07, 6.45) is 0. The Morgan fingerprint density at radius 2 is 1.70 bits per heavy atom. The van der Waals surface area contributed by atoms with Crippen molar-refractivity contribution in [3.8, 4) is 11.5 Å². The molecular weight excluding hydrogens is 378 g/mol. The third kappa shape index (κ3) is 4.64. The van der Waals surface area contributed by atoms with E-state index in [0.29, 0.717) is 0 Å². The molecule has 2 aromatic rings. The minimum Gasteiger partial charge on any atom is -0.496 e. The Morgan fingerprint density at radius 3 is 2.26 bits per heavy atom. The Labute approximate surface area is 159 Å². The van der Waals surface area contributed by atoms with Crippen LogP contribution < -0.4 is 20.1 Å². The van der Waals surface area contributed by atoms with Crippen LogP contribution in [-0.4, -0.2) is 31.0 Å². The van der Waals surface area contributed by atoms with E-state index in [-0.39, 0.29) is 45.1 Å². The molecule has 0 radical (unpaired) electrons. The van der Waals surface area contributed by atoms with E-state index in [2.05, 4.69) is 10.6 Å². The minimum atomic E-state index is -0.623. The second kappa shape index (κ2) is 8.37. The molecule has 27 heavy (non-hydrogen) atoms. The zero-order valence-electron chi connectivity index (χ0n) is 14.7. The molecular formula is C17H16ClN3O6. The largest absolute Gasteiger partial charge is 0.496 e. The van der Waals surface area contributed by atoms with Crippen LogP contribution in [0.3, 0.4) is 0 Å². The van der Waals surface area contributed by atoms with Crippen molar-refractivity contribution in [3.63, 3.8) is 0 Å². The first-order valence-corrected chi connectivity index (χ1v) is 7.93. The number of nitro groups is 1. The molecule has 0 saturated carbocycles. The quantitative estimate of drug-likeness (QED) is 0.572. The smallest absolute Gasteiger partial charge is 0.271 e. The molecule has 0 unspecified atom stereocenters. The predicted molar refractivity (Wildman–Crippen MR) is 99.9 cm³/mol. The van der Waals surface area contributed by atoms with Crippen LogP contribution >= 0.6 is 11.6 Å². The summed E-state index contributed by atoms with van der Waals surface area (Å²) < 4.78 is 10.3. The normalized spacial score (nSPS) is 10.1. The molecule has 0 fully saturated rings. The number of amides is 2. The molecule has 0 aliphatic heterocycles. The summed E-state index contributed by atoms with van der Waals surface area (Å²) in [5, 5.41) is 16.2. The van der Waals surface area contributed by atoms with Gasteiger partial charge in [-0.25, -0.2) is 0 Å². The van der Waals surface area contributed by atoms with Gasteiger partial charge in [0.15, 0.2) is 0 Å². The number of nitrogens with zero attached hydrogens (tertiary/aromatic N) is 1. The van der Waals surface area contributed by atoms with Crippen molar-refractivity contribution in [2.45, 2.75) is 6.92 Å². The number of carbonyl (C=O) groups is 2. The lowest BCUT2D eigenvalue weighted by molar-refractivity contribution is -0.384. The van der Waals surface area contributed by atoms with E-state index >= 15 is 0 Å². The summed E-state index contributed by atoms with van der Waals surface area (Å²) in [4.78, 5) is 34.3. The van der Waals surface area contributed by atoms with Gasteiger partial charge in [0, 0.05) is 25.1 Å². The van der Waals surface area contributed by atoms with Crippen LogP contribution in [0.1, 0.15) is 17.3 Å². The zero-order valence-corrected chi connectivity index (χ0v) is 15.4. The van der Waals surface area contributed by atoms with Gasteiger partial charge in [-0.2, -0.15) is 0 Å². The number of carbonyl (C=O) groups excluding carboxylic acids is 2. The Morgan fingerprint density at radius 1 is 1.04 bits per heavy atom. The van der Waals surface area contributed by atoms with Gasteiger partial charge in [-0.3, -0.25) is 19.7 Å². The zero-order chi connectivity index (χ0) is 20.1. The van der Waals surface area contributed by atoms with Gasteiger partial charge < -0.3 is 20.1 Å². The highest BCUT2D eigenvalue weighted by atomic mass is 35.5. The number of halogens is 1. The highest BCUT2D eigenvalue weighted by molar-refractivity contribution is 6.34. The standard InChI is InChI=1S/C17H16ClN3O6/c1-9(22)19-13-8-16(27-3)11(7-12(13)18)17(23)20-14-6-10(21(24)25)4-5-15(14)26-2/h4-8H,1-3H3,(H,19,22)(H,20,23). The van der Waals surface area contributed by atoms with Crippen LogP contribution in [0.5, 0.6) is 11.5 Å². The highest BCUT2D eigenvalue weighted by Crippen LogP contribution is 2.33. The number of nitrogens with one attached hydrogen (secondary N) is 2. The molecule has 0 heterocycles. The van der Waals surface area contributed by atoms with Gasteiger partial charge >= 0.3 is 0 Å². The van der Waals surface area contributed by atoms with E-state index in [1.165, 1.54) is 51.5 Å². The van der Waals surface area contributed by atoms with Crippen molar-refractivity contribution < 1.29 is 24.0 Å². The second-order valence-corrected chi connectivity index (χ2v) is 5.72. The molecule has 2 N–H and O–H groups in total. The third-order valence-electron chi connectivity index (χ3n) is 3.49. The molecule has 0 saturated heterocycles. The van der Waals surface area contributed by atoms with E-state index in [9.17, 15) is 19.7 Å². The monoisotopic (exact) mass is 393 g/mol. The first-order chi connectivity index (χ1) is 12.8. The van der Waals surface area contributed by atoms with E-state index < -0.39 is 10.8 Å². The average molecular weight is 394 g/mol. The molecule has 0 aliphatic rings. The lowest BCUT2D eigenvalue weighted by atomic mass is 10.1. The van der Waals surface area contributed by atoms with Crippen molar-refractivity contribution in [3.05, 3.63) is 51.0 Å². The number of benzene rings is 2. The van der Waals surface area contributed by atoms with E-state index in [4.69, 9.17) is 21.1 Å². The number of methoxy groups -OCH3 is 2. The van der Waals surface area contributed by atoms with Crippen molar-refractivity contribution in [2.75, 3.05) is 24.9 Å². The third-order valence-corrected chi connectivity index (χ3v) is 3.80. The van der Waals surface area contributed by atoms with Gasteiger partial charge in [-0.1, -0.05) is 11.6 Å².